The lowest BCUT2D eigenvalue weighted by molar-refractivity contribution is 0.0832. The first-order chi connectivity index (χ1) is 7.74. The molecule has 16 heavy (non-hydrogen) atoms. The molecule has 1 aliphatic carbocycles. The summed E-state index contributed by atoms with van der Waals surface area (Å²) in [5, 5.41) is 0. The maximum atomic E-state index is 12.0. The third-order valence-corrected chi connectivity index (χ3v) is 3.16. The predicted molar refractivity (Wildman–Crippen MR) is 59.0 cm³/mol. The highest BCUT2D eigenvalue weighted by molar-refractivity contribution is 6.00. The lowest BCUT2D eigenvalue weighted by Crippen LogP contribution is -2.40. The van der Waals surface area contributed by atoms with E-state index in [0.717, 1.165) is 18.4 Å². The van der Waals surface area contributed by atoms with Crippen LogP contribution in [0.5, 0.6) is 0 Å². The molecule has 4 heteroatoms. The monoisotopic (exact) mass is 216 g/mol. The first kappa shape index (κ1) is 9.54. The van der Waals surface area contributed by atoms with E-state index in [1.54, 1.807) is 12.1 Å². The maximum Gasteiger partial charge on any atom is 0.181 e. The molecule has 0 unspecified atom stereocenters. The molecule has 0 atom stereocenters. The van der Waals surface area contributed by atoms with E-state index in [9.17, 15) is 4.79 Å². The minimum atomic E-state index is 0.0929. The zero-order chi connectivity index (χ0) is 11.1. The van der Waals surface area contributed by atoms with E-state index in [2.05, 4.69) is 4.98 Å². The summed E-state index contributed by atoms with van der Waals surface area (Å²) in [4.78, 5) is 16.0. The molecular formula is C12H12N2O2. The van der Waals surface area contributed by atoms with Crippen LogP contribution in [-0.4, -0.2) is 16.8 Å². The number of fused-ring (bicyclic) bond motifs is 1. The van der Waals surface area contributed by atoms with Crippen molar-refractivity contribution in [3.8, 4) is 0 Å². The molecule has 0 saturated heterocycles. The van der Waals surface area contributed by atoms with E-state index in [4.69, 9.17) is 10.2 Å². The summed E-state index contributed by atoms with van der Waals surface area (Å²) in [5.41, 5.74) is 7.81. The van der Waals surface area contributed by atoms with Gasteiger partial charge in [-0.25, -0.2) is 4.98 Å². The molecule has 1 fully saturated rings. The van der Waals surface area contributed by atoms with Crippen LogP contribution in [0.25, 0.3) is 11.1 Å². The highest BCUT2D eigenvalue weighted by Crippen LogP contribution is 2.29. The molecule has 1 saturated carbocycles. The van der Waals surface area contributed by atoms with Crippen LogP contribution in [0.1, 0.15) is 23.2 Å². The fourth-order valence-corrected chi connectivity index (χ4v) is 2.12. The molecule has 2 aromatic rings. The second-order valence-corrected chi connectivity index (χ2v) is 4.33. The SMILES string of the molecule is NC1CC(C(=O)c2ccc3ncoc3c2)C1. The summed E-state index contributed by atoms with van der Waals surface area (Å²) in [7, 11) is 0. The van der Waals surface area contributed by atoms with Crippen LogP contribution in [-0.2, 0) is 0 Å². The number of aromatic nitrogens is 1. The van der Waals surface area contributed by atoms with Crippen molar-refractivity contribution in [1.29, 1.82) is 0 Å². The topological polar surface area (TPSA) is 69.1 Å². The van der Waals surface area contributed by atoms with Crippen molar-refractivity contribution in [1.82, 2.24) is 4.98 Å². The van der Waals surface area contributed by atoms with Gasteiger partial charge in [-0.3, -0.25) is 4.79 Å². The van der Waals surface area contributed by atoms with Crippen LogP contribution in [0.2, 0.25) is 0 Å². The number of carbonyl (C=O) groups excluding carboxylic acids is 1. The highest BCUT2D eigenvalue weighted by Gasteiger charge is 2.32. The summed E-state index contributed by atoms with van der Waals surface area (Å²) in [6, 6.07) is 5.57. The number of hydrogen-bond acceptors (Lipinski definition) is 4. The molecule has 1 aromatic carbocycles. The molecule has 1 aromatic heterocycles. The van der Waals surface area contributed by atoms with Crippen LogP contribution in [0, 0.1) is 5.92 Å². The Balaban J connectivity index is 1.90. The molecule has 2 N–H and O–H groups in total. The van der Waals surface area contributed by atoms with Gasteiger partial charge in [0.1, 0.15) is 5.52 Å². The second-order valence-electron chi connectivity index (χ2n) is 4.33. The van der Waals surface area contributed by atoms with Crippen LogP contribution in [0.3, 0.4) is 0 Å². The average molecular weight is 216 g/mol. The Morgan fingerprint density at radius 3 is 3.00 bits per heavy atom. The van der Waals surface area contributed by atoms with Gasteiger partial charge >= 0.3 is 0 Å². The standard InChI is InChI=1S/C12H12N2O2/c13-9-3-8(4-9)12(15)7-1-2-10-11(5-7)16-6-14-10/h1-2,5-6,8-9H,3-4,13H2. The molecule has 1 aliphatic rings. The molecule has 1 heterocycles. The van der Waals surface area contributed by atoms with Crippen molar-refractivity contribution in [3.05, 3.63) is 30.2 Å². The number of nitrogens with zero attached hydrogens (tertiary/aromatic N) is 1. The van der Waals surface area contributed by atoms with Crippen LogP contribution >= 0.6 is 0 Å². The summed E-state index contributed by atoms with van der Waals surface area (Å²) in [5.74, 6) is 0.260. The molecule has 0 amide bonds. The first-order valence-electron chi connectivity index (χ1n) is 5.37. The Labute approximate surface area is 92.4 Å². The summed E-state index contributed by atoms with van der Waals surface area (Å²) in [6.45, 7) is 0. The molecule has 3 rings (SSSR count). The Morgan fingerprint density at radius 2 is 2.25 bits per heavy atom. The Morgan fingerprint density at radius 1 is 1.44 bits per heavy atom. The van der Waals surface area contributed by atoms with E-state index in [-0.39, 0.29) is 17.7 Å². The molecule has 0 aliphatic heterocycles. The van der Waals surface area contributed by atoms with Gasteiger partial charge in [-0.1, -0.05) is 0 Å². The maximum absolute atomic E-state index is 12.0. The number of rotatable bonds is 2. The number of oxazole rings is 1. The number of hydrogen-bond donors (Lipinski definition) is 1. The fraction of sp³-hybridized carbons (Fsp3) is 0.333. The van der Waals surface area contributed by atoms with Gasteiger partial charge in [-0.05, 0) is 31.0 Å². The van der Waals surface area contributed by atoms with Crippen LogP contribution < -0.4 is 5.73 Å². The third-order valence-electron chi connectivity index (χ3n) is 3.16. The van der Waals surface area contributed by atoms with E-state index >= 15 is 0 Å². The van der Waals surface area contributed by atoms with E-state index < -0.39 is 0 Å². The zero-order valence-electron chi connectivity index (χ0n) is 8.72. The molecule has 82 valence electrons. The van der Waals surface area contributed by atoms with Crippen LogP contribution in [0.15, 0.2) is 29.0 Å². The predicted octanol–water partition coefficient (Wildman–Crippen LogP) is 1.75. The lowest BCUT2D eigenvalue weighted by Gasteiger charge is -2.31. The van der Waals surface area contributed by atoms with E-state index in [0.29, 0.717) is 11.1 Å². The molecule has 0 radical (unpaired) electrons. The Hall–Kier alpha value is -1.68. The first-order valence-corrected chi connectivity index (χ1v) is 5.37. The number of nitrogens with two attached hydrogens (primary N) is 1. The highest BCUT2D eigenvalue weighted by atomic mass is 16.3. The van der Waals surface area contributed by atoms with Crippen molar-refractivity contribution in [2.75, 3.05) is 0 Å². The number of carbonyl (C=O) groups is 1. The van der Waals surface area contributed by atoms with Crippen LogP contribution in [0.4, 0.5) is 0 Å². The molecule has 4 nitrogen and oxygen atoms in total. The normalized spacial score (nSPS) is 24.3. The van der Waals surface area contributed by atoms with Gasteiger partial charge in [-0.15, -0.1) is 0 Å². The lowest BCUT2D eigenvalue weighted by atomic mass is 9.76. The van der Waals surface area contributed by atoms with Gasteiger partial charge < -0.3 is 10.2 Å². The minimum absolute atomic E-state index is 0.0929. The smallest absolute Gasteiger partial charge is 0.181 e. The Kier molecular flexibility index (Phi) is 2.04. The van der Waals surface area contributed by atoms with Crippen molar-refractivity contribution >= 4 is 16.9 Å². The van der Waals surface area contributed by atoms with Gasteiger partial charge in [-0.2, -0.15) is 0 Å². The number of ketones is 1. The van der Waals surface area contributed by atoms with Gasteiger partial charge in [0.25, 0.3) is 0 Å². The van der Waals surface area contributed by atoms with Gasteiger partial charge in [0.2, 0.25) is 0 Å². The van der Waals surface area contributed by atoms with E-state index in [1.807, 2.05) is 6.07 Å². The fourth-order valence-electron chi connectivity index (χ4n) is 2.12. The quantitative estimate of drug-likeness (QED) is 0.776. The van der Waals surface area contributed by atoms with E-state index in [1.165, 1.54) is 6.39 Å². The largest absolute Gasteiger partial charge is 0.443 e. The van der Waals surface area contributed by atoms with Gasteiger partial charge in [0.15, 0.2) is 17.8 Å². The summed E-state index contributed by atoms with van der Waals surface area (Å²) in [6.07, 6.45) is 2.98. The number of benzene rings is 1. The second kappa shape index (κ2) is 3.42. The number of Topliss-reactive ketones (excluding diaryl/α,β-unsaturated/α-hetero) is 1. The molecular weight excluding hydrogens is 204 g/mol. The minimum Gasteiger partial charge on any atom is -0.443 e. The zero-order valence-corrected chi connectivity index (χ0v) is 8.72. The molecule has 0 bridgehead atoms. The van der Waals surface area contributed by atoms with Gasteiger partial charge in [0, 0.05) is 17.5 Å². The van der Waals surface area contributed by atoms with Crippen molar-refractivity contribution < 1.29 is 9.21 Å². The summed E-state index contributed by atoms with van der Waals surface area (Å²) >= 11 is 0. The molecule has 0 spiro atoms. The summed E-state index contributed by atoms with van der Waals surface area (Å²) < 4.78 is 5.17. The Bertz CT molecular complexity index is 541. The van der Waals surface area contributed by atoms with Crippen molar-refractivity contribution in [3.63, 3.8) is 0 Å². The van der Waals surface area contributed by atoms with Crippen molar-refractivity contribution in [2.24, 2.45) is 11.7 Å². The van der Waals surface area contributed by atoms with Gasteiger partial charge in [0.05, 0.1) is 0 Å². The average Bonchev–Trinajstić information content (AvgIpc) is 2.70. The third kappa shape index (κ3) is 1.42. The van der Waals surface area contributed by atoms with Crippen molar-refractivity contribution in [2.45, 2.75) is 18.9 Å².